The van der Waals surface area contributed by atoms with E-state index >= 15 is 0 Å². The molecule has 0 aromatic carbocycles. The van der Waals surface area contributed by atoms with Gasteiger partial charge in [0.15, 0.2) is 0 Å². The van der Waals surface area contributed by atoms with Crippen molar-refractivity contribution in [3.63, 3.8) is 0 Å². The lowest BCUT2D eigenvalue weighted by atomic mass is 10.1. The molecule has 0 spiro atoms. The summed E-state index contributed by atoms with van der Waals surface area (Å²) in [4.78, 5) is 3.39. The maximum Gasteiger partial charge on any atom is 0.452 e. The Kier molecular flexibility index (Phi) is 5.55. The summed E-state index contributed by atoms with van der Waals surface area (Å²) in [5.74, 6) is -1.09. The van der Waals surface area contributed by atoms with Crippen LogP contribution in [0.3, 0.4) is 0 Å². The zero-order valence-corrected chi connectivity index (χ0v) is 11.7. The van der Waals surface area contributed by atoms with Gasteiger partial charge in [-0.15, -0.1) is 0 Å². The van der Waals surface area contributed by atoms with Gasteiger partial charge in [0.2, 0.25) is 11.0 Å². The first-order valence-corrected chi connectivity index (χ1v) is 7.30. The molecule has 0 amide bonds. The molecule has 20 heavy (non-hydrogen) atoms. The number of aromatic nitrogens is 2. The molecule has 1 saturated heterocycles. The Labute approximate surface area is 119 Å². The standard InChI is InChI=1S/C11H17F3N4OS/c12-11(13,14)9-17-10(20-18-9)16-4-1-7-19-8-2-5-15-6-3-8/h8,15H,1-7H2,(H,16,17,18). The Balaban J connectivity index is 1.60. The van der Waals surface area contributed by atoms with Crippen LogP contribution in [0.2, 0.25) is 0 Å². The van der Waals surface area contributed by atoms with Crippen molar-refractivity contribution in [2.75, 3.05) is 31.6 Å². The van der Waals surface area contributed by atoms with Crippen LogP contribution in [0.5, 0.6) is 0 Å². The first kappa shape index (κ1) is 15.5. The van der Waals surface area contributed by atoms with Crippen molar-refractivity contribution in [3.05, 3.63) is 5.82 Å². The van der Waals surface area contributed by atoms with E-state index in [2.05, 4.69) is 20.0 Å². The van der Waals surface area contributed by atoms with Crippen LogP contribution in [-0.2, 0) is 10.9 Å². The second-order valence-corrected chi connectivity index (χ2v) is 5.27. The second-order valence-electron chi connectivity index (χ2n) is 4.52. The van der Waals surface area contributed by atoms with Crippen LogP contribution >= 0.6 is 11.5 Å². The van der Waals surface area contributed by atoms with Crippen molar-refractivity contribution >= 4 is 16.7 Å². The van der Waals surface area contributed by atoms with E-state index in [0.717, 1.165) is 43.9 Å². The molecule has 0 unspecified atom stereocenters. The van der Waals surface area contributed by atoms with Crippen molar-refractivity contribution in [2.24, 2.45) is 0 Å². The number of nitrogens with zero attached hydrogens (tertiary/aromatic N) is 2. The van der Waals surface area contributed by atoms with Crippen LogP contribution in [0.1, 0.15) is 25.1 Å². The Morgan fingerprint density at radius 2 is 2.10 bits per heavy atom. The summed E-state index contributed by atoms with van der Waals surface area (Å²) in [7, 11) is 0. The van der Waals surface area contributed by atoms with E-state index < -0.39 is 12.0 Å². The fourth-order valence-corrected chi connectivity index (χ4v) is 2.50. The molecule has 1 fully saturated rings. The summed E-state index contributed by atoms with van der Waals surface area (Å²) < 4.78 is 45.8. The lowest BCUT2D eigenvalue weighted by Crippen LogP contribution is -2.32. The van der Waals surface area contributed by atoms with Gasteiger partial charge in [-0.1, -0.05) is 0 Å². The van der Waals surface area contributed by atoms with Crippen LogP contribution in [-0.4, -0.2) is 41.7 Å². The quantitative estimate of drug-likeness (QED) is 0.788. The van der Waals surface area contributed by atoms with E-state index in [-0.39, 0.29) is 5.13 Å². The van der Waals surface area contributed by atoms with E-state index in [1.54, 1.807) is 0 Å². The van der Waals surface area contributed by atoms with Gasteiger partial charge >= 0.3 is 6.18 Å². The number of hydrogen-bond donors (Lipinski definition) is 2. The molecule has 1 aromatic rings. The highest BCUT2D eigenvalue weighted by atomic mass is 32.1. The van der Waals surface area contributed by atoms with Gasteiger partial charge in [-0.2, -0.15) is 22.5 Å². The van der Waals surface area contributed by atoms with Gasteiger partial charge in [0, 0.05) is 24.7 Å². The third-order valence-corrected chi connectivity index (χ3v) is 3.59. The predicted octanol–water partition coefficient (Wildman–Crippen LogP) is 2.13. The largest absolute Gasteiger partial charge is 0.452 e. The number of piperidine rings is 1. The minimum Gasteiger partial charge on any atom is -0.378 e. The number of hydrogen-bond acceptors (Lipinski definition) is 6. The highest BCUT2D eigenvalue weighted by Crippen LogP contribution is 2.28. The molecule has 9 heteroatoms. The third kappa shape index (κ3) is 4.88. The smallest absolute Gasteiger partial charge is 0.378 e. The molecule has 1 aliphatic rings. The molecule has 0 atom stereocenters. The van der Waals surface area contributed by atoms with Crippen molar-refractivity contribution < 1.29 is 17.9 Å². The van der Waals surface area contributed by atoms with Gasteiger partial charge < -0.3 is 15.4 Å². The fourth-order valence-electron chi connectivity index (χ4n) is 1.89. The number of rotatable bonds is 6. The Morgan fingerprint density at radius 1 is 1.35 bits per heavy atom. The number of ether oxygens (including phenoxy) is 1. The maximum absolute atomic E-state index is 12.3. The fraction of sp³-hybridized carbons (Fsp3) is 0.818. The van der Waals surface area contributed by atoms with Crippen molar-refractivity contribution in [1.82, 2.24) is 14.7 Å². The molecular weight excluding hydrogens is 293 g/mol. The Bertz CT molecular complexity index is 407. The van der Waals surface area contributed by atoms with E-state index in [1.807, 2.05) is 0 Å². The van der Waals surface area contributed by atoms with Gasteiger partial charge in [-0.25, -0.2) is 0 Å². The summed E-state index contributed by atoms with van der Waals surface area (Å²) in [6, 6.07) is 0. The molecule has 2 heterocycles. The Morgan fingerprint density at radius 3 is 2.75 bits per heavy atom. The third-order valence-electron chi connectivity index (χ3n) is 2.92. The SMILES string of the molecule is FC(F)(F)c1nsc(NCCCOC2CCNCC2)n1. The predicted molar refractivity (Wildman–Crippen MR) is 69.9 cm³/mol. The van der Waals surface area contributed by atoms with Gasteiger partial charge in [0.1, 0.15) is 0 Å². The number of anilines is 1. The molecule has 0 radical (unpaired) electrons. The molecular formula is C11H17F3N4OS. The van der Waals surface area contributed by atoms with E-state index in [1.165, 1.54) is 0 Å². The van der Waals surface area contributed by atoms with E-state index in [0.29, 0.717) is 19.3 Å². The van der Waals surface area contributed by atoms with E-state index in [4.69, 9.17) is 4.74 Å². The number of halogens is 3. The topological polar surface area (TPSA) is 59.1 Å². The van der Waals surface area contributed by atoms with Crippen molar-refractivity contribution in [1.29, 1.82) is 0 Å². The monoisotopic (exact) mass is 310 g/mol. The first-order valence-electron chi connectivity index (χ1n) is 6.53. The minimum atomic E-state index is -4.48. The molecule has 1 aliphatic heterocycles. The Hall–Kier alpha value is -0.930. The number of nitrogens with one attached hydrogen (secondary N) is 2. The van der Waals surface area contributed by atoms with Crippen molar-refractivity contribution in [3.8, 4) is 0 Å². The van der Waals surface area contributed by atoms with E-state index in [9.17, 15) is 13.2 Å². The van der Waals surface area contributed by atoms with Crippen LogP contribution in [0.25, 0.3) is 0 Å². The molecule has 0 saturated carbocycles. The zero-order chi connectivity index (χ0) is 14.4. The van der Waals surface area contributed by atoms with Crippen LogP contribution < -0.4 is 10.6 Å². The molecule has 1 aromatic heterocycles. The summed E-state index contributed by atoms with van der Waals surface area (Å²) in [6.45, 7) is 3.09. The minimum absolute atomic E-state index is 0.194. The first-order chi connectivity index (χ1) is 9.55. The van der Waals surface area contributed by atoms with Crippen LogP contribution in [0, 0.1) is 0 Å². The molecule has 0 aliphatic carbocycles. The summed E-state index contributed by atoms with van der Waals surface area (Å²) in [6.07, 6.45) is -1.42. The zero-order valence-electron chi connectivity index (χ0n) is 10.9. The maximum atomic E-state index is 12.3. The summed E-state index contributed by atoms with van der Waals surface area (Å²) in [5.41, 5.74) is 0. The number of alkyl halides is 3. The second kappa shape index (κ2) is 7.19. The van der Waals surface area contributed by atoms with Gasteiger partial charge in [0.25, 0.3) is 0 Å². The normalized spacial score (nSPS) is 17.4. The van der Waals surface area contributed by atoms with Gasteiger partial charge in [-0.05, 0) is 32.4 Å². The average molecular weight is 310 g/mol. The summed E-state index contributed by atoms with van der Waals surface area (Å²) >= 11 is 0.721. The lowest BCUT2D eigenvalue weighted by molar-refractivity contribution is -0.144. The average Bonchev–Trinajstić information content (AvgIpc) is 2.88. The summed E-state index contributed by atoms with van der Waals surface area (Å²) in [5, 5.41) is 6.28. The molecule has 5 nitrogen and oxygen atoms in total. The van der Waals surface area contributed by atoms with Gasteiger partial charge in [-0.3, -0.25) is 0 Å². The molecule has 2 rings (SSSR count). The molecule has 2 N–H and O–H groups in total. The van der Waals surface area contributed by atoms with Crippen LogP contribution in [0.4, 0.5) is 18.3 Å². The highest BCUT2D eigenvalue weighted by molar-refractivity contribution is 7.09. The molecule has 114 valence electrons. The van der Waals surface area contributed by atoms with Crippen molar-refractivity contribution in [2.45, 2.75) is 31.5 Å². The van der Waals surface area contributed by atoms with Gasteiger partial charge in [0.05, 0.1) is 6.10 Å². The van der Waals surface area contributed by atoms with Crippen LogP contribution in [0.15, 0.2) is 0 Å². The lowest BCUT2D eigenvalue weighted by Gasteiger charge is -2.22. The highest BCUT2D eigenvalue weighted by Gasteiger charge is 2.36. The molecule has 0 bridgehead atoms.